The van der Waals surface area contributed by atoms with Gasteiger partial charge in [-0.1, -0.05) is 0 Å². The predicted octanol–water partition coefficient (Wildman–Crippen LogP) is 4.52. The second-order valence-corrected chi connectivity index (χ2v) is 6.10. The van der Waals surface area contributed by atoms with Gasteiger partial charge in [-0.05, 0) is 48.5 Å². The lowest BCUT2D eigenvalue weighted by molar-refractivity contribution is -0.140. The van der Waals surface area contributed by atoms with Crippen LogP contribution in [0, 0.1) is 11.6 Å². The zero-order valence-corrected chi connectivity index (χ0v) is 15.3. The number of alkyl halides is 3. The van der Waals surface area contributed by atoms with Gasteiger partial charge in [-0.2, -0.15) is 13.2 Å². The summed E-state index contributed by atoms with van der Waals surface area (Å²) in [6.45, 7) is 0. The first-order chi connectivity index (χ1) is 14.6. The summed E-state index contributed by atoms with van der Waals surface area (Å²) >= 11 is 0. The SMILES string of the molecule is NC(=O)c1cc(NC(=O)c2c(Oc3ccc(F)cc3)ccc(C(F)(F)F)c2F)ccn1. The molecule has 160 valence electrons. The number of anilines is 1. The highest BCUT2D eigenvalue weighted by atomic mass is 19.4. The quantitative estimate of drug-likeness (QED) is 0.574. The summed E-state index contributed by atoms with van der Waals surface area (Å²) in [6.07, 6.45) is -3.96. The largest absolute Gasteiger partial charge is 0.456 e. The number of benzene rings is 2. The molecule has 2 amide bonds. The second-order valence-electron chi connectivity index (χ2n) is 6.10. The van der Waals surface area contributed by atoms with Crippen molar-refractivity contribution in [2.75, 3.05) is 5.32 Å². The Morgan fingerprint density at radius 3 is 2.29 bits per heavy atom. The molecular weight excluding hydrogens is 425 g/mol. The van der Waals surface area contributed by atoms with E-state index in [1.165, 1.54) is 6.07 Å². The normalized spacial score (nSPS) is 11.1. The molecule has 11 heteroatoms. The third-order valence-electron chi connectivity index (χ3n) is 3.95. The first-order valence-corrected chi connectivity index (χ1v) is 8.46. The van der Waals surface area contributed by atoms with E-state index in [-0.39, 0.29) is 17.1 Å². The van der Waals surface area contributed by atoms with Crippen molar-refractivity contribution in [2.24, 2.45) is 5.73 Å². The van der Waals surface area contributed by atoms with Crippen LogP contribution in [0.15, 0.2) is 54.7 Å². The van der Waals surface area contributed by atoms with E-state index in [0.29, 0.717) is 6.07 Å². The van der Waals surface area contributed by atoms with Crippen LogP contribution in [0.4, 0.5) is 27.6 Å². The molecule has 3 aromatic rings. The number of rotatable bonds is 5. The van der Waals surface area contributed by atoms with E-state index in [1.807, 2.05) is 0 Å². The third-order valence-corrected chi connectivity index (χ3v) is 3.95. The number of nitrogens with one attached hydrogen (secondary N) is 1. The van der Waals surface area contributed by atoms with Gasteiger partial charge >= 0.3 is 6.18 Å². The molecule has 3 rings (SSSR count). The summed E-state index contributed by atoms with van der Waals surface area (Å²) in [6, 6.07) is 7.79. The molecule has 0 unspecified atom stereocenters. The zero-order valence-electron chi connectivity index (χ0n) is 15.3. The molecule has 0 aliphatic carbocycles. The third kappa shape index (κ3) is 4.94. The Morgan fingerprint density at radius 1 is 1.00 bits per heavy atom. The van der Waals surface area contributed by atoms with E-state index < -0.39 is 46.5 Å². The minimum atomic E-state index is -5.08. The zero-order chi connectivity index (χ0) is 22.8. The van der Waals surface area contributed by atoms with Gasteiger partial charge in [0.2, 0.25) is 0 Å². The molecule has 0 saturated heterocycles. The lowest BCUT2D eigenvalue weighted by Crippen LogP contribution is -2.19. The first-order valence-electron chi connectivity index (χ1n) is 8.46. The maximum Gasteiger partial charge on any atom is 0.419 e. The molecule has 0 bridgehead atoms. The number of hydrogen-bond donors (Lipinski definition) is 2. The number of pyridine rings is 1. The molecule has 0 atom stereocenters. The number of nitrogens with zero attached hydrogens (tertiary/aromatic N) is 1. The fourth-order valence-corrected chi connectivity index (χ4v) is 2.54. The number of carbonyl (C=O) groups is 2. The lowest BCUT2D eigenvalue weighted by Gasteiger charge is -2.16. The summed E-state index contributed by atoms with van der Waals surface area (Å²) < 4.78 is 72.6. The van der Waals surface area contributed by atoms with Crippen LogP contribution in [0.3, 0.4) is 0 Å². The molecule has 31 heavy (non-hydrogen) atoms. The van der Waals surface area contributed by atoms with Crippen molar-refractivity contribution in [1.82, 2.24) is 4.98 Å². The Morgan fingerprint density at radius 2 is 1.68 bits per heavy atom. The number of amides is 2. The van der Waals surface area contributed by atoms with E-state index in [9.17, 15) is 31.5 Å². The number of aromatic nitrogens is 1. The van der Waals surface area contributed by atoms with Crippen molar-refractivity contribution < 1.29 is 36.3 Å². The maximum absolute atomic E-state index is 14.7. The molecular formula is C20H12F5N3O3. The summed E-state index contributed by atoms with van der Waals surface area (Å²) in [5, 5.41) is 2.17. The number of halogens is 5. The molecule has 2 aromatic carbocycles. The van der Waals surface area contributed by atoms with Crippen molar-refractivity contribution >= 4 is 17.5 Å². The highest BCUT2D eigenvalue weighted by Gasteiger charge is 2.37. The maximum atomic E-state index is 14.7. The van der Waals surface area contributed by atoms with Crippen LogP contribution in [-0.2, 0) is 6.18 Å². The smallest absolute Gasteiger partial charge is 0.419 e. The van der Waals surface area contributed by atoms with Gasteiger partial charge in [0.25, 0.3) is 11.8 Å². The van der Waals surface area contributed by atoms with Crippen LogP contribution in [0.25, 0.3) is 0 Å². The van der Waals surface area contributed by atoms with Crippen LogP contribution in [0.1, 0.15) is 26.4 Å². The minimum Gasteiger partial charge on any atom is -0.456 e. The van der Waals surface area contributed by atoms with Crippen molar-refractivity contribution in [2.45, 2.75) is 6.18 Å². The Kier molecular flexibility index (Phi) is 5.86. The first kappa shape index (κ1) is 21.7. The molecule has 1 aromatic heterocycles. The lowest BCUT2D eigenvalue weighted by atomic mass is 10.1. The molecule has 0 spiro atoms. The van der Waals surface area contributed by atoms with E-state index in [4.69, 9.17) is 10.5 Å². The van der Waals surface area contributed by atoms with Gasteiger partial charge in [0.05, 0.1) is 5.56 Å². The van der Waals surface area contributed by atoms with Gasteiger partial charge in [0, 0.05) is 11.9 Å². The van der Waals surface area contributed by atoms with Crippen molar-refractivity contribution in [3.05, 3.63) is 83.2 Å². The summed E-state index contributed by atoms with van der Waals surface area (Å²) in [7, 11) is 0. The Hall–Kier alpha value is -4.02. The van der Waals surface area contributed by atoms with Crippen molar-refractivity contribution in [1.29, 1.82) is 0 Å². The van der Waals surface area contributed by atoms with E-state index >= 15 is 0 Å². The molecule has 0 saturated carbocycles. The van der Waals surface area contributed by atoms with Crippen LogP contribution >= 0.6 is 0 Å². The second kappa shape index (κ2) is 8.38. The summed E-state index contributed by atoms with van der Waals surface area (Å²) in [5.74, 6) is -5.27. The van der Waals surface area contributed by atoms with E-state index in [0.717, 1.165) is 42.6 Å². The Bertz CT molecular complexity index is 1150. The van der Waals surface area contributed by atoms with Crippen molar-refractivity contribution in [3.63, 3.8) is 0 Å². The Labute approximate surface area is 171 Å². The van der Waals surface area contributed by atoms with Crippen LogP contribution in [0.2, 0.25) is 0 Å². The van der Waals surface area contributed by atoms with E-state index in [2.05, 4.69) is 10.3 Å². The molecule has 6 nitrogen and oxygen atoms in total. The number of ether oxygens (including phenoxy) is 1. The minimum absolute atomic E-state index is 0.0467. The summed E-state index contributed by atoms with van der Waals surface area (Å²) in [5.41, 5.74) is 2.06. The van der Waals surface area contributed by atoms with Crippen LogP contribution in [-0.4, -0.2) is 16.8 Å². The number of hydrogen-bond acceptors (Lipinski definition) is 4. The van der Waals surface area contributed by atoms with Crippen molar-refractivity contribution in [3.8, 4) is 11.5 Å². The van der Waals surface area contributed by atoms with Crippen LogP contribution < -0.4 is 15.8 Å². The fraction of sp³-hybridized carbons (Fsp3) is 0.0500. The molecule has 0 aliphatic heterocycles. The molecule has 0 radical (unpaired) electrons. The number of carbonyl (C=O) groups excluding carboxylic acids is 2. The van der Waals surface area contributed by atoms with Gasteiger partial charge in [0.1, 0.15) is 28.6 Å². The highest BCUT2D eigenvalue weighted by molar-refractivity contribution is 6.07. The predicted molar refractivity (Wildman–Crippen MR) is 98.6 cm³/mol. The van der Waals surface area contributed by atoms with Gasteiger partial charge in [-0.3, -0.25) is 14.6 Å². The van der Waals surface area contributed by atoms with Gasteiger partial charge in [-0.25, -0.2) is 8.78 Å². The average molecular weight is 437 g/mol. The topological polar surface area (TPSA) is 94.3 Å². The number of primary amides is 1. The van der Waals surface area contributed by atoms with Crippen LogP contribution in [0.5, 0.6) is 11.5 Å². The average Bonchev–Trinajstić information content (AvgIpc) is 2.69. The standard InChI is InChI=1S/C20H12F5N3O3/c21-10-1-3-12(4-2-10)31-15-6-5-13(20(23,24)25)17(22)16(15)19(30)28-11-7-8-27-14(9-11)18(26)29/h1-9H,(H2,26,29)(H,27,28,30). The fourth-order valence-electron chi connectivity index (χ4n) is 2.54. The molecule has 3 N–H and O–H groups in total. The Balaban J connectivity index is 2.04. The molecule has 1 heterocycles. The van der Waals surface area contributed by atoms with Gasteiger partial charge < -0.3 is 15.8 Å². The summed E-state index contributed by atoms with van der Waals surface area (Å²) in [4.78, 5) is 27.5. The highest BCUT2D eigenvalue weighted by Crippen LogP contribution is 2.37. The van der Waals surface area contributed by atoms with E-state index in [1.54, 1.807) is 0 Å². The number of nitrogens with two attached hydrogens (primary N) is 1. The molecule has 0 fully saturated rings. The van der Waals surface area contributed by atoms with Gasteiger partial charge in [-0.15, -0.1) is 0 Å². The molecule has 0 aliphatic rings. The monoisotopic (exact) mass is 437 g/mol. The van der Waals surface area contributed by atoms with Gasteiger partial charge in [0.15, 0.2) is 5.82 Å².